The maximum atomic E-state index is 11.9. The van der Waals surface area contributed by atoms with Gasteiger partial charge in [0.2, 0.25) is 10.0 Å². The van der Waals surface area contributed by atoms with Crippen LogP contribution in [0.25, 0.3) is 22.4 Å². The number of hydrogen-bond acceptors (Lipinski definition) is 3. The molecule has 1 aromatic heterocycles. The fourth-order valence-corrected chi connectivity index (χ4v) is 4.22. The zero-order chi connectivity index (χ0) is 16.6. The third kappa shape index (κ3) is 2.84. The predicted molar refractivity (Wildman–Crippen MR) is 94.6 cm³/mol. The van der Waals surface area contributed by atoms with Crippen molar-refractivity contribution < 1.29 is 8.42 Å². The van der Waals surface area contributed by atoms with Crippen molar-refractivity contribution in [3.63, 3.8) is 0 Å². The first kappa shape index (κ1) is 15.1. The molecule has 0 fully saturated rings. The summed E-state index contributed by atoms with van der Waals surface area (Å²) in [5.41, 5.74) is 5.89. The molecule has 2 aromatic carbocycles. The van der Waals surface area contributed by atoms with Crippen LogP contribution in [0.15, 0.2) is 66.9 Å². The second-order valence-electron chi connectivity index (χ2n) is 5.82. The Kier molecular flexibility index (Phi) is 3.67. The van der Waals surface area contributed by atoms with Crippen molar-refractivity contribution in [1.29, 1.82) is 0 Å². The van der Waals surface area contributed by atoms with Crippen LogP contribution < -0.4 is 4.72 Å². The maximum Gasteiger partial charge on any atom is 0.216 e. The summed E-state index contributed by atoms with van der Waals surface area (Å²) in [6, 6.07) is 19.8. The van der Waals surface area contributed by atoms with E-state index in [1.165, 1.54) is 0 Å². The van der Waals surface area contributed by atoms with E-state index in [0.29, 0.717) is 6.54 Å². The second kappa shape index (κ2) is 5.85. The molecule has 3 aromatic rings. The molecule has 1 aliphatic rings. The smallest absolute Gasteiger partial charge is 0.216 e. The second-order valence-corrected chi connectivity index (χ2v) is 7.62. The third-order valence-corrected chi connectivity index (χ3v) is 5.50. The standard InChI is InChI=1S/C19H16N2O2S/c22-24(23)13-18-16(12-21-24)4-3-5-17(18)14-7-9-15(10-8-14)19-6-1-2-11-20-19/h1-11,21H,12-13H2. The summed E-state index contributed by atoms with van der Waals surface area (Å²) in [6.45, 7) is 0.359. The van der Waals surface area contributed by atoms with Gasteiger partial charge in [-0.3, -0.25) is 4.98 Å². The monoisotopic (exact) mass is 336 g/mol. The third-order valence-electron chi connectivity index (χ3n) is 4.25. The van der Waals surface area contributed by atoms with Crippen LogP contribution in [0.2, 0.25) is 0 Å². The van der Waals surface area contributed by atoms with Gasteiger partial charge in [0, 0.05) is 18.3 Å². The SMILES string of the molecule is O=S1(=O)Cc2c(cccc2-c2ccc(-c3ccccn3)cc2)CN1. The zero-order valence-electron chi connectivity index (χ0n) is 12.9. The lowest BCUT2D eigenvalue weighted by Crippen LogP contribution is -2.30. The Bertz CT molecular complexity index is 982. The van der Waals surface area contributed by atoms with Gasteiger partial charge >= 0.3 is 0 Å². The summed E-state index contributed by atoms with van der Waals surface area (Å²) in [4.78, 5) is 4.35. The highest BCUT2D eigenvalue weighted by Crippen LogP contribution is 2.31. The highest BCUT2D eigenvalue weighted by molar-refractivity contribution is 7.88. The molecule has 0 bridgehead atoms. The molecular weight excluding hydrogens is 320 g/mol. The summed E-state index contributed by atoms with van der Waals surface area (Å²) >= 11 is 0. The largest absolute Gasteiger partial charge is 0.256 e. The van der Waals surface area contributed by atoms with E-state index < -0.39 is 10.0 Å². The van der Waals surface area contributed by atoms with Gasteiger partial charge in [0.25, 0.3) is 0 Å². The van der Waals surface area contributed by atoms with Crippen LogP contribution in [0.5, 0.6) is 0 Å². The average Bonchev–Trinajstić information content (AvgIpc) is 2.61. The lowest BCUT2D eigenvalue weighted by atomic mass is 9.95. The minimum Gasteiger partial charge on any atom is -0.256 e. The van der Waals surface area contributed by atoms with Crippen molar-refractivity contribution in [3.8, 4) is 22.4 Å². The molecule has 2 heterocycles. The normalized spacial score (nSPS) is 15.7. The number of nitrogens with zero attached hydrogens (tertiary/aromatic N) is 1. The van der Waals surface area contributed by atoms with Crippen molar-refractivity contribution in [2.45, 2.75) is 12.3 Å². The fraction of sp³-hybridized carbons (Fsp3) is 0.105. The van der Waals surface area contributed by atoms with Crippen molar-refractivity contribution >= 4 is 10.0 Å². The van der Waals surface area contributed by atoms with Gasteiger partial charge < -0.3 is 0 Å². The van der Waals surface area contributed by atoms with Gasteiger partial charge in [-0.05, 0) is 34.4 Å². The molecule has 0 saturated heterocycles. The lowest BCUT2D eigenvalue weighted by molar-refractivity contribution is 0.576. The Morgan fingerprint density at radius 1 is 0.875 bits per heavy atom. The molecular formula is C19H16N2O2S. The first-order chi connectivity index (χ1) is 11.6. The van der Waals surface area contributed by atoms with E-state index in [9.17, 15) is 8.42 Å². The highest BCUT2D eigenvalue weighted by Gasteiger charge is 2.23. The van der Waals surface area contributed by atoms with E-state index in [4.69, 9.17) is 0 Å². The molecule has 0 aliphatic carbocycles. The number of rotatable bonds is 2. The molecule has 120 valence electrons. The van der Waals surface area contributed by atoms with Gasteiger partial charge in [0.05, 0.1) is 11.4 Å². The van der Waals surface area contributed by atoms with Gasteiger partial charge in [-0.25, -0.2) is 13.1 Å². The summed E-state index contributed by atoms with van der Waals surface area (Å²) in [7, 11) is -3.24. The molecule has 0 radical (unpaired) electrons. The first-order valence-corrected chi connectivity index (χ1v) is 9.37. The predicted octanol–water partition coefficient (Wildman–Crippen LogP) is 3.35. The maximum absolute atomic E-state index is 11.9. The van der Waals surface area contributed by atoms with Crippen LogP contribution in [0.4, 0.5) is 0 Å². The molecule has 0 atom stereocenters. The average molecular weight is 336 g/mol. The molecule has 4 rings (SSSR count). The number of aromatic nitrogens is 1. The summed E-state index contributed by atoms with van der Waals surface area (Å²) in [5.74, 6) is 0.0283. The van der Waals surface area contributed by atoms with Gasteiger partial charge in [0.1, 0.15) is 0 Å². The van der Waals surface area contributed by atoms with Crippen LogP contribution in [-0.2, 0) is 22.3 Å². The van der Waals surface area contributed by atoms with E-state index >= 15 is 0 Å². The van der Waals surface area contributed by atoms with Crippen LogP contribution in [0.1, 0.15) is 11.1 Å². The van der Waals surface area contributed by atoms with Crippen molar-refractivity contribution in [2.24, 2.45) is 0 Å². The minimum atomic E-state index is -3.24. The topological polar surface area (TPSA) is 59.1 Å². The molecule has 1 aliphatic heterocycles. The summed E-state index contributed by atoms with van der Waals surface area (Å²) in [5, 5.41) is 0. The van der Waals surface area contributed by atoms with E-state index in [2.05, 4.69) is 9.71 Å². The number of hydrogen-bond donors (Lipinski definition) is 1. The molecule has 0 amide bonds. The Hall–Kier alpha value is -2.50. The van der Waals surface area contributed by atoms with Gasteiger partial charge in [-0.15, -0.1) is 0 Å². The molecule has 1 N–H and O–H groups in total. The van der Waals surface area contributed by atoms with Crippen LogP contribution in [0, 0.1) is 0 Å². The lowest BCUT2D eigenvalue weighted by Gasteiger charge is -2.20. The van der Waals surface area contributed by atoms with E-state index in [1.807, 2.05) is 60.7 Å². The fourth-order valence-electron chi connectivity index (χ4n) is 3.02. The summed E-state index contributed by atoms with van der Waals surface area (Å²) < 4.78 is 26.4. The van der Waals surface area contributed by atoms with Crippen LogP contribution in [0.3, 0.4) is 0 Å². The van der Waals surface area contributed by atoms with Crippen molar-refractivity contribution in [3.05, 3.63) is 78.0 Å². The van der Waals surface area contributed by atoms with Crippen molar-refractivity contribution in [1.82, 2.24) is 9.71 Å². The Morgan fingerprint density at radius 2 is 1.67 bits per heavy atom. The van der Waals surface area contributed by atoms with E-state index in [0.717, 1.165) is 33.5 Å². The quantitative estimate of drug-likeness (QED) is 0.781. The number of sulfonamides is 1. The molecule has 4 nitrogen and oxygen atoms in total. The molecule has 0 saturated carbocycles. The number of nitrogens with one attached hydrogen (secondary N) is 1. The molecule has 24 heavy (non-hydrogen) atoms. The summed E-state index contributed by atoms with van der Waals surface area (Å²) in [6.07, 6.45) is 1.77. The van der Waals surface area contributed by atoms with Gasteiger partial charge in [-0.1, -0.05) is 48.5 Å². The first-order valence-electron chi connectivity index (χ1n) is 7.72. The molecule has 5 heteroatoms. The van der Waals surface area contributed by atoms with Crippen molar-refractivity contribution in [2.75, 3.05) is 0 Å². The number of fused-ring (bicyclic) bond motifs is 1. The zero-order valence-corrected chi connectivity index (χ0v) is 13.8. The van der Waals surface area contributed by atoms with Gasteiger partial charge in [0.15, 0.2) is 0 Å². The minimum absolute atomic E-state index is 0.0283. The Labute approximate surface area is 141 Å². The molecule has 0 unspecified atom stereocenters. The van der Waals surface area contributed by atoms with Crippen LogP contribution >= 0.6 is 0 Å². The molecule has 0 spiro atoms. The Morgan fingerprint density at radius 3 is 2.42 bits per heavy atom. The number of pyridine rings is 1. The van der Waals surface area contributed by atoms with E-state index in [1.54, 1.807) is 6.20 Å². The highest BCUT2D eigenvalue weighted by atomic mass is 32.2. The Balaban J connectivity index is 1.75. The number of benzene rings is 2. The van der Waals surface area contributed by atoms with Crippen LogP contribution in [-0.4, -0.2) is 13.4 Å². The van der Waals surface area contributed by atoms with E-state index in [-0.39, 0.29) is 5.75 Å². The van der Waals surface area contributed by atoms with Gasteiger partial charge in [-0.2, -0.15) is 0 Å².